The van der Waals surface area contributed by atoms with Gasteiger partial charge in [0.25, 0.3) is 0 Å². The lowest BCUT2D eigenvalue weighted by Crippen LogP contribution is -2.09. The number of fused-ring (bicyclic) bond motifs is 1. The molecule has 31 heavy (non-hydrogen) atoms. The van der Waals surface area contributed by atoms with E-state index in [1.165, 1.54) is 0 Å². The van der Waals surface area contributed by atoms with Crippen LogP contribution in [0.4, 0.5) is 5.69 Å². The first-order valence-electron chi connectivity index (χ1n) is 9.46. The van der Waals surface area contributed by atoms with Crippen LogP contribution in [0.1, 0.15) is 0 Å². The Labute approximate surface area is 196 Å². The summed E-state index contributed by atoms with van der Waals surface area (Å²) < 4.78 is 7.16. The number of rotatable bonds is 4. The number of nitrogens with one attached hydrogen (secondary N) is 1. The smallest absolute Gasteiger partial charge is 0.246 e. The summed E-state index contributed by atoms with van der Waals surface area (Å²) in [4.78, 5) is 4.85. The van der Waals surface area contributed by atoms with Crippen LogP contribution in [0.2, 0.25) is 5.02 Å². The third-order valence-corrected chi connectivity index (χ3v) is 6.28. The average molecular weight is 509 g/mol. The van der Waals surface area contributed by atoms with Crippen molar-refractivity contribution in [3.8, 4) is 21.8 Å². The van der Waals surface area contributed by atoms with E-state index in [0.717, 1.165) is 37.4 Å². The van der Waals surface area contributed by atoms with Crippen molar-refractivity contribution < 1.29 is 4.42 Å². The molecule has 0 saturated heterocycles. The van der Waals surface area contributed by atoms with Crippen molar-refractivity contribution in [2.45, 2.75) is 0 Å². The van der Waals surface area contributed by atoms with Crippen LogP contribution >= 0.6 is 38.9 Å². The van der Waals surface area contributed by atoms with Crippen molar-refractivity contribution >= 4 is 55.5 Å². The maximum absolute atomic E-state index is 6.20. The van der Waals surface area contributed by atoms with Gasteiger partial charge in [-0.25, -0.2) is 4.98 Å². The maximum atomic E-state index is 6.20. The molecule has 0 radical (unpaired) electrons. The van der Waals surface area contributed by atoms with E-state index in [4.69, 9.17) is 21.0 Å². The minimum Gasteiger partial charge on any atom is -0.436 e. The fraction of sp³-hybridized carbons (Fsp3) is 0. The zero-order chi connectivity index (χ0) is 21.2. The molecular formula is C24H15BrClN3OS. The van der Waals surface area contributed by atoms with Gasteiger partial charge in [-0.3, -0.25) is 5.43 Å². The van der Waals surface area contributed by atoms with Gasteiger partial charge in [-0.05, 0) is 48.5 Å². The molecule has 1 N–H and O–H groups in total. The molecule has 0 atom stereocenters. The second-order valence-corrected chi connectivity index (χ2v) is 8.99. The lowest BCUT2D eigenvalue weighted by Gasteiger charge is -2.04. The third-order valence-electron chi connectivity index (χ3n) is 4.64. The Hall–Kier alpha value is -2.93. The minimum absolute atomic E-state index is 0.454. The molecule has 4 nitrogen and oxygen atoms in total. The average Bonchev–Trinajstić information content (AvgIpc) is 3.28. The summed E-state index contributed by atoms with van der Waals surface area (Å²) >= 11 is 11.2. The quantitative estimate of drug-likeness (QED) is 0.255. The van der Waals surface area contributed by atoms with Crippen LogP contribution in [0, 0.1) is 0 Å². The molecule has 5 rings (SSSR count). The number of thiazole rings is 1. The monoisotopic (exact) mass is 507 g/mol. The number of aromatic nitrogens is 1. The van der Waals surface area contributed by atoms with Crippen LogP contribution in [0.3, 0.4) is 0 Å². The minimum atomic E-state index is 0.454. The molecule has 0 amide bonds. The van der Waals surface area contributed by atoms with Crippen molar-refractivity contribution in [3.05, 3.63) is 99.3 Å². The fourth-order valence-electron chi connectivity index (χ4n) is 3.12. The fourth-order valence-corrected chi connectivity index (χ4v) is 4.40. The number of nitrogens with zero attached hydrogens (tertiary/aromatic N) is 2. The molecule has 0 aliphatic carbocycles. The Bertz CT molecular complexity index is 1430. The van der Waals surface area contributed by atoms with Gasteiger partial charge < -0.3 is 4.42 Å². The second kappa shape index (κ2) is 8.67. The van der Waals surface area contributed by atoms with Gasteiger partial charge in [-0.1, -0.05) is 57.9 Å². The second-order valence-electron chi connectivity index (χ2n) is 6.78. The molecule has 0 saturated carbocycles. The molecule has 152 valence electrons. The first kappa shape index (κ1) is 20.0. The van der Waals surface area contributed by atoms with Gasteiger partial charge >= 0.3 is 0 Å². The highest BCUT2D eigenvalue weighted by Crippen LogP contribution is 2.30. The molecule has 5 aromatic rings. The van der Waals surface area contributed by atoms with Crippen molar-refractivity contribution in [3.63, 3.8) is 0 Å². The molecule has 2 aromatic heterocycles. The van der Waals surface area contributed by atoms with Crippen LogP contribution in [-0.4, -0.2) is 4.98 Å². The van der Waals surface area contributed by atoms with Crippen molar-refractivity contribution in [1.82, 2.24) is 4.98 Å². The van der Waals surface area contributed by atoms with E-state index in [2.05, 4.69) is 26.5 Å². The summed E-state index contributed by atoms with van der Waals surface area (Å²) in [6.45, 7) is 0. The number of benzene rings is 3. The molecular weight excluding hydrogens is 494 g/mol. The van der Waals surface area contributed by atoms with E-state index < -0.39 is 0 Å². The van der Waals surface area contributed by atoms with Gasteiger partial charge in [0.05, 0.1) is 16.9 Å². The summed E-state index contributed by atoms with van der Waals surface area (Å²) in [5.41, 5.74) is 7.84. The van der Waals surface area contributed by atoms with Gasteiger partial charge in [0, 0.05) is 25.8 Å². The van der Waals surface area contributed by atoms with Crippen LogP contribution in [0.5, 0.6) is 0 Å². The Morgan fingerprint density at radius 3 is 2.58 bits per heavy atom. The van der Waals surface area contributed by atoms with Crippen LogP contribution in [-0.2, 0) is 0 Å². The summed E-state index contributed by atoms with van der Waals surface area (Å²) in [5, 5.41) is 8.92. The third kappa shape index (κ3) is 4.42. The van der Waals surface area contributed by atoms with Crippen LogP contribution in [0.15, 0.2) is 98.2 Å². The molecule has 0 aliphatic rings. The molecule has 2 heterocycles. The SMILES string of the molecule is Clc1ccc2o/c(=N\Nc3ccccc3)c(-c3nc(-c4ccc(Br)cc4)cs3)cc2c1. The van der Waals surface area contributed by atoms with E-state index in [-0.39, 0.29) is 0 Å². The highest BCUT2D eigenvalue weighted by molar-refractivity contribution is 9.10. The van der Waals surface area contributed by atoms with E-state index in [1.54, 1.807) is 17.4 Å². The van der Waals surface area contributed by atoms with Gasteiger partial charge in [-0.15, -0.1) is 16.4 Å². The topological polar surface area (TPSA) is 50.4 Å². The van der Waals surface area contributed by atoms with Crippen molar-refractivity contribution in [2.75, 3.05) is 5.43 Å². The number of hydrogen-bond acceptors (Lipinski definition) is 5. The zero-order valence-electron chi connectivity index (χ0n) is 16.0. The van der Waals surface area contributed by atoms with Crippen LogP contribution < -0.4 is 11.0 Å². The largest absolute Gasteiger partial charge is 0.436 e. The molecule has 0 bridgehead atoms. The summed E-state index contributed by atoms with van der Waals surface area (Å²) in [7, 11) is 0. The van der Waals surface area contributed by atoms with E-state index in [9.17, 15) is 0 Å². The predicted molar refractivity (Wildman–Crippen MR) is 131 cm³/mol. The number of halogens is 2. The Kier molecular flexibility index (Phi) is 5.59. The molecule has 0 aliphatic heterocycles. The van der Waals surface area contributed by atoms with E-state index in [0.29, 0.717) is 16.2 Å². The first-order chi connectivity index (χ1) is 15.2. The molecule has 3 aromatic carbocycles. The molecule has 0 fully saturated rings. The van der Waals surface area contributed by atoms with E-state index in [1.807, 2.05) is 78.2 Å². The summed E-state index contributed by atoms with van der Waals surface area (Å²) in [6.07, 6.45) is 0. The number of para-hydroxylation sites is 1. The Balaban J connectivity index is 1.63. The first-order valence-corrected chi connectivity index (χ1v) is 11.5. The molecule has 0 unspecified atom stereocenters. The highest BCUT2D eigenvalue weighted by Gasteiger charge is 2.12. The van der Waals surface area contributed by atoms with Crippen molar-refractivity contribution in [2.24, 2.45) is 5.10 Å². The van der Waals surface area contributed by atoms with Crippen LogP contribution in [0.25, 0.3) is 32.8 Å². The standard InChI is InChI=1S/C24H15BrClN3OS/c25-17-8-6-15(7-9-17)21-14-31-24(27-21)20-13-16-12-18(26)10-11-22(16)30-23(20)29-28-19-4-2-1-3-5-19/h1-14,28H/b29-23-. The van der Waals surface area contributed by atoms with Gasteiger partial charge in [-0.2, -0.15) is 0 Å². The maximum Gasteiger partial charge on any atom is 0.246 e. The van der Waals surface area contributed by atoms with Crippen molar-refractivity contribution in [1.29, 1.82) is 0 Å². The zero-order valence-corrected chi connectivity index (χ0v) is 19.2. The van der Waals surface area contributed by atoms with Gasteiger partial charge in [0.2, 0.25) is 5.55 Å². The number of anilines is 1. The molecule has 0 spiro atoms. The molecule has 7 heteroatoms. The Morgan fingerprint density at radius 1 is 0.968 bits per heavy atom. The predicted octanol–water partition coefficient (Wildman–Crippen LogP) is 7.57. The summed E-state index contributed by atoms with van der Waals surface area (Å²) in [6, 6.07) is 25.4. The lowest BCUT2D eigenvalue weighted by atomic mass is 10.1. The lowest BCUT2D eigenvalue weighted by molar-refractivity contribution is 0.543. The number of hydrogen-bond donors (Lipinski definition) is 1. The normalized spacial score (nSPS) is 11.7. The van der Waals surface area contributed by atoms with Gasteiger partial charge in [0.15, 0.2) is 0 Å². The van der Waals surface area contributed by atoms with Gasteiger partial charge in [0.1, 0.15) is 10.6 Å². The highest BCUT2D eigenvalue weighted by atomic mass is 79.9. The van der Waals surface area contributed by atoms with E-state index >= 15 is 0 Å². The summed E-state index contributed by atoms with van der Waals surface area (Å²) in [5.74, 6) is 0. The Morgan fingerprint density at radius 2 is 1.77 bits per heavy atom.